The monoisotopic (exact) mass is 474 g/mol. The number of ketones is 1. The van der Waals surface area contributed by atoms with Gasteiger partial charge < -0.3 is 19.7 Å². The SMILES string of the molecule is CN(CCCNC(=O)C(=O)c1cn(CC(=O)N2CCCCC2)c2ccccc12)Cc1ccccc1. The van der Waals surface area contributed by atoms with Crippen LogP contribution in [0.2, 0.25) is 0 Å². The highest BCUT2D eigenvalue weighted by molar-refractivity contribution is 6.45. The molecule has 2 heterocycles. The molecule has 0 unspecified atom stereocenters. The lowest BCUT2D eigenvalue weighted by Crippen LogP contribution is -2.37. The summed E-state index contributed by atoms with van der Waals surface area (Å²) in [5, 5.41) is 3.46. The van der Waals surface area contributed by atoms with Gasteiger partial charge in [-0.2, -0.15) is 0 Å². The van der Waals surface area contributed by atoms with Gasteiger partial charge in [-0.3, -0.25) is 14.4 Å². The molecule has 0 aliphatic carbocycles. The number of fused-ring (bicyclic) bond motifs is 1. The number of piperidine rings is 1. The Morgan fingerprint density at radius 2 is 1.66 bits per heavy atom. The number of aromatic nitrogens is 1. The molecule has 7 nitrogen and oxygen atoms in total. The number of rotatable bonds is 10. The molecule has 1 N–H and O–H groups in total. The first kappa shape index (κ1) is 24.7. The molecule has 0 atom stereocenters. The van der Waals surface area contributed by atoms with E-state index < -0.39 is 11.7 Å². The Morgan fingerprint density at radius 3 is 2.43 bits per heavy atom. The van der Waals surface area contributed by atoms with Crippen LogP contribution in [0.4, 0.5) is 0 Å². The fourth-order valence-corrected chi connectivity index (χ4v) is 4.68. The number of amides is 2. The number of carbonyl (C=O) groups is 3. The van der Waals surface area contributed by atoms with Crippen LogP contribution in [0.3, 0.4) is 0 Å². The van der Waals surface area contributed by atoms with Gasteiger partial charge in [0.2, 0.25) is 5.91 Å². The summed E-state index contributed by atoms with van der Waals surface area (Å²) in [7, 11) is 2.04. The summed E-state index contributed by atoms with van der Waals surface area (Å²) < 4.78 is 1.80. The lowest BCUT2D eigenvalue weighted by Gasteiger charge is -2.27. The predicted octanol–water partition coefficient (Wildman–Crippen LogP) is 3.47. The molecule has 1 aliphatic rings. The number of carbonyl (C=O) groups excluding carboxylic acids is 3. The number of likely N-dealkylation sites (tertiary alicyclic amines) is 1. The number of benzene rings is 2. The van der Waals surface area contributed by atoms with Crippen molar-refractivity contribution >= 4 is 28.5 Å². The van der Waals surface area contributed by atoms with E-state index >= 15 is 0 Å². The fourth-order valence-electron chi connectivity index (χ4n) is 4.68. The van der Waals surface area contributed by atoms with Gasteiger partial charge in [-0.05, 0) is 50.9 Å². The number of para-hydroxylation sites is 1. The maximum absolute atomic E-state index is 13.0. The molecule has 1 saturated heterocycles. The Hall–Kier alpha value is -3.45. The van der Waals surface area contributed by atoms with Crippen LogP contribution in [0.1, 0.15) is 41.6 Å². The van der Waals surface area contributed by atoms with Gasteiger partial charge in [-0.15, -0.1) is 0 Å². The molecule has 1 aliphatic heterocycles. The molecular formula is C28H34N4O3. The van der Waals surface area contributed by atoms with Gasteiger partial charge in [0.15, 0.2) is 0 Å². The first-order valence-corrected chi connectivity index (χ1v) is 12.4. The Bertz CT molecular complexity index is 1170. The van der Waals surface area contributed by atoms with Gasteiger partial charge in [0.1, 0.15) is 6.54 Å². The van der Waals surface area contributed by atoms with E-state index in [-0.39, 0.29) is 12.5 Å². The van der Waals surface area contributed by atoms with Crippen molar-refractivity contribution in [1.29, 1.82) is 0 Å². The van der Waals surface area contributed by atoms with Gasteiger partial charge in [0.25, 0.3) is 11.7 Å². The van der Waals surface area contributed by atoms with Crippen LogP contribution in [0, 0.1) is 0 Å². The second-order valence-corrected chi connectivity index (χ2v) is 9.29. The summed E-state index contributed by atoms with van der Waals surface area (Å²) in [5.41, 5.74) is 2.37. The third kappa shape index (κ3) is 6.36. The number of Topliss-reactive ketones (excluding diaryl/α,β-unsaturated/α-hetero) is 1. The Morgan fingerprint density at radius 1 is 0.943 bits per heavy atom. The van der Waals surface area contributed by atoms with Gasteiger partial charge >= 0.3 is 0 Å². The van der Waals surface area contributed by atoms with Crippen molar-refractivity contribution in [2.75, 3.05) is 33.2 Å². The number of hydrogen-bond donors (Lipinski definition) is 1. The van der Waals surface area contributed by atoms with Crippen molar-refractivity contribution in [2.24, 2.45) is 0 Å². The Balaban J connectivity index is 1.33. The smallest absolute Gasteiger partial charge is 0.292 e. The molecule has 1 fully saturated rings. The molecule has 0 bridgehead atoms. The average Bonchev–Trinajstić information content (AvgIpc) is 3.25. The summed E-state index contributed by atoms with van der Waals surface area (Å²) in [6.07, 6.45) is 5.62. The van der Waals surface area contributed by atoms with Crippen LogP contribution in [-0.4, -0.2) is 65.2 Å². The van der Waals surface area contributed by atoms with Gasteiger partial charge in [-0.1, -0.05) is 48.5 Å². The fraction of sp³-hybridized carbons (Fsp3) is 0.393. The van der Waals surface area contributed by atoms with E-state index in [0.29, 0.717) is 17.5 Å². The topological polar surface area (TPSA) is 74.6 Å². The highest BCUT2D eigenvalue weighted by Crippen LogP contribution is 2.22. The Kier molecular flexibility index (Phi) is 8.32. The minimum absolute atomic E-state index is 0.0496. The molecule has 0 saturated carbocycles. The largest absolute Gasteiger partial charge is 0.349 e. The minimum Gasteiger partial charge on any atom is -0.349 e. The van der Waals surface area contributed by atoms with Crippen molar-refractivity contribution in [1.82, 2.24) is 19.7 Å². The zero-order valence-electron chi connectivity index (χ0n) is 20.4. The normalized spacial score (nSPS) is 13.8. The van der Waals surface area contributed by atoms with Crippen molar-refractivity contribution < 1.29 is 14.4 Å². The molecule has 2 amide bonds. The van der Waals surface area contributed by atoms with Crippen LogP contribution in [0.15, 0.2) is 60.8 Å². The maximum atomic E-state index is 13.0. The quantitative estimate of drug-likeness (QED) is 0.277. The standard InChI is InChI=1S/C28H34N4O3/c1-30(19-22-11-4-2-5-12-22)16-10-15-29-28(35)27(34)24-20-32(25-14-7-6-13-23(24)25)21-26(33)31-17-8-3-9-18-31/h2,4-7,11-14,20H,3,8-10,15-19,21H2,1H3,(H,29,35). The van der Waals surface area contributed by atoms with Crippen LogP contribution in [0.5, 0.6) is 0 Å². The van der Waals surface area contributed by atoms with E-state index in [1.165, 1.54) is 5.56 Å². The molecule has 0 spiro atoms. The van der Waals surface area contributed by atoms with Gasteiger partial charge in [-0.25, -0.2) is 0 Å². The lowest BCUT2D eigenvalue weighted by molar-refractivity contribution is -0.132. The predicted molar refractivity (Wildman–Crippen MR) is 137 cm³/mol. The van der Waals surface area contributed by atoms with Gasteiger partial charge in [0.05, 0.1) is 5.56 Å². The summed E-state index contributed by atoms with van der Waals surface area (Å²) in [6, 6.07) is 17.7. The van der Waals surface area contributed by atoms with E-state index in [1.54, 1.807) is 10.8 Å². The lowest BCUT2D eigenvalue weighted by atomic mass is 10.1. The summed E-state index contributed by atoms with van der Waals surface area (Å²) in [5.74, 6) is -1.13. The number of nitrogens with zero attached hydrogens (tertiary/aromatic N) is 3. The first-order valence-electron chi connectivity index (χ1n) is 12.4. The van der Waals surface area contributed by atoms with E-state index in [2.05, 4.69) is 22.3 Å². The molecule has 1 aromatic heterocycles. The van der Waals surface area contributed by atoms with Crippen molar-refractivity contribution in [3.8, 4) is 0 Å². The van der Waals surface area contributed by atoms with Crippen molar-refractivity contribution in [2.45, 2.75) is 38.8 Å². The molecule has 35 heavy (non-hydrogen) atoms. The second-order valence-electron chi connectivity index (χ2n) is 9.29. The molecule has 7 heteroatoms. The van der Waals surface area contributed by atoms with E-state index in [9.17, 15) is 14.4 Å². The number of nitrogens with one attached hydrogen (secondary N) is 1. The molecule has 184 valence electrons. The van der Waals surface area contributed by atoms with E-state index in [1.807, 2.05) is 54.4 Å². The van der Waals surface area contributed by atoms with Crippen LogP contribution < -0.4 is 5.32 Å². The molecule has 3 aromatic rings. The molecule has 0 radical (unpaired) electrons. The molecule has 4 rings (SSSR count). The highest BCUT2D eigenvalue weighted by atomic mass is 16.2. The third-order valence-electron chi connectivity index (χ3n) is 6.55. The average molecular weight is 475 g/mol. The van der Waals surface area contributed by atoms with Crippen molar-refractivity contribution in [3.63, 3.8) is 0 Å². The zero-order valence-corrected chi connectivity index (χ0v) is 20.4. The van der Waals surface area contributed by atoms with Crippen LogP contribution in [-0.2, 0) is 22.7 Å². The van der Waals surface area contributed by atoms with Crippen molar-refractivity contribution in [3.05, 3.63) is 71.9 Å². The second kappa shape index (κ2) is 11.8. The summed E-state index contributed by atoms with van der Waals surface area (Å²) >= 11 is 0. The zero-order chi connectivity index (χ0) is 24.6. The minimum atomic E-state index is -0.610. The van der Waals surface area contributed by atoms with E-state index in [4.69, 9.17) is 0 Å². The maximum Gasteiger partial charge on any atom is 0.292 e. The number of hydrogen-bond acceptors (Lipinski definition) is 4. The van der Waals surface area contributed by atoms with E-state index in [0.717, 1.165) is 57.4 Å². The highest BCUT2D eigenvalue weighted by Gasteiger charge is 2.23. The van der Waals surface area contributed by atoms with Crippen LogP contribution in [0.25, 0.3) is 10.9 Å². The molecular weight excluding hydrogens is 440 g/mol. The Labute approximate surface area is 206 Å². The molecule has 2 aromatic carbocycles. The van der Waals surface area contributed by atoms with Crippen LogP contribution >= 0.6 is 0 Å². The summed E-state index contributed by atoms with van der Waals surface area (Å²) in [4.78, 5) is 42.5. The van der Waals surface area contributed by atoms with Gasteiger partial charge in [0, 0.05) is 43.3 Å². The summed E-state index contributed by atoms with van der Waals surface area (Å²) in [6.45, 7) is 3.81. The first-order chi connectivity index (χ1) is 17.0. The third-order valence-corrected chi connectivity index (χ3v) is 6.55.